The van der Waals surface area contributed by atoms with Crippen molar-refractivity contribution in [2.24, 2.45) is 0 Å². The summed E-state index contributed by atoms with van der Waals surface area (Å²) in [7, 11) is 0. The van der Waals surface area contributed by atoms with E-state index in [0.717, 1.165) is 6.42 Å². The van der Waals surface area contributed by atoms with Gasteiger partial charge in [0, 0.05) is 0 Å². The van der Waals surface area contributed by atoms with Crippen LogP contribution in [0.5, 0.6) is 0 Å². The second-order valence-corrected chi connectivity index (χ2v) is 4.37. The molecule has 0 aliphatic carbocycles. The van der Waals surface area contributed by atoms with Crippen molar-refractivity contribution < 1.29 is 14.3 Å². The van der Waals surface area contributed by atoms with Crippen molar-refractivity contribution in [3.05, 3.63) is 35.9 Å². The molecule has 1 heterocycles. The molecule has 1 aliphatic rings. The summed E-state index contributed by atoms with van der Waals surface area (Å²) < 4.78 is 10.5. The van der Waals surface area contributed by atoms with E-state index in [-0.39, 0.29) is 24.1 Å². The molecule has 0 saturated carbocycles. The fraction of sp³-hybridized carbons (Fsp3) is 0.417. The van der Waals surface area contributed by atoms with Gasteiger partial charge in [-0.25, -0.2) is 4.79 Å². The number of carbonyl (C=O) groups excluding carboxylic acids is 1. The maximum absolute atomic E-state index is 11.6. The van der Waals surface area contributed by atoms with Crippen LogP contribution in [0.4, 0.5) is 0 Å². The van der Waals surface area contributed by atoms with Gasteiger partial charge in [0.25, 0.3) is 0 Å². The Morgan fingerprint density at radius 3 is 2.81 bits per heavy atom. The van der Waals surface area contributed by atoms with Crippen LogP contribution in [-0.2, 0) is 9.47 Å². The van der Waals surface area contributed by atoms with Gasteiger partial charge >= 0.3 is 5.97 Å². The summed E-state index contributed by atoms with van der Waals surface area (Å²) in [4.78, 5) is 11.6. The summed E-state index contributed by atoms with van der Waals surface area (Å²) in [6.07, 6.45) is 0.680. The molecule has 1 aromatic rings. The minimum atomic E-state index is -0.317. The lowest BCUT2D eigenvalue weighted by molar-refractivity contribution is 0.0161. The molecule has 3 nitrogen and oxygen atoms in total. The van der Waals surface area contributed by atoms with Crippen LogP contribution in [0.25, 0.3) is 0 Å². The third kappa shape index (κ3) is 2.97. The predicted octanol–water partition coefficient (Wildman–Crippen LogP) is 2.24. The van der Waals surface area contributed by atoms with E-state index in [1.165, 1.54) is 0 Å². The highest BCUT2D eigenvalue weighted by molar-refractivity contribution is 6.20. The minimum absolute atomic E-state index is 0.0421. The zero-order valence-corrected chi connectivity index (χ0v) is 9.52. The lowest BCUT2D eigenvalue weighted by Crippen LogP contribution is -2.18. The average Bonchev–Trinajstić information content (AvgIpc) is 2.73. The maximum Gasteiger partial charge on any atom is 0.338 e. The Balaban J connectivity index is 1.80. The molecule has 0 N–H and O–H groups in total. The summed E-state index contributed by atoms with van der Waals surface area (Å²) in [5, 5.41) is 0.0421. The topological polar surface area (TPSA) is 35.5 Å². The second kappa shape index (κ2) is 5.32. The number of carbonyl (C=O) groups is 1. The Bertz CT molecular complexity index is 353. The smallest absolute Gasteiger partial charge is 0.338 e. The molecule has 2 atom stereocenters. The number of ether oxygens (including phenoxy) is 2. The predicted molar refractivity (Wildman–Crippen MR) is 60.7 cm³/mol. The summed E-state index contributed by atoms with van der Waals surface area (Å²) in [6.45, 7) is 0.812. The number of halogens is 1. The molecule has 0 aromatic heterocycles. The van der Waals surface area contributed by atoms with Crippen LogP contribution in [0.15, 0.2) is 30.3 Å². The number of benzene rings is 1. The maximum atomic E-state index is 11.6. The lowest BCUT2D eigenvalue weighted by Gasteiger charge is -2.09. The Morgan fingerprint density at radius 2 is 2.19 bits per heavy atom. The van der Waals surface area contributed by atoms with Crippen molar-refractivity contribution in [2.75, 3.05) is 13.2 Å². The van der Waals surface area contributed by atoms with Crippen LogP contribution < -0.4 is 0 Å². The molecule has 1 unspecified atom stereocenters. The third-order valence-corrected chi connectivity index (χ3v) is 2.75. The van der Waals surface area contributed by atoms with Gasteiger partial charge in [-0.1, -0.05) is 18.2 Å². The fourth-order valence-electron chi connectivity index (χ4n) is 1.60. The lowest BCUT2D eigenvalue weighted by atomic mass is 10.2. The Hall–Kier alpha value is -1.06. The first-order chi connectivity index (χ1) is 7.75. The first-order valence-electron chi connectivity index (χ1n) is 5.23. The molecule has 0 amide bonds. The van der Waals surface area contributed by atoms with Crippen molar-refractivity contribution in [2.45, 2.75) is 17.9 Å². The third-order valence-electron chi connectivity index (χ3n) is 2.44. The summed E-state index contributed by atoms with van der Waals surface area (Å²) in [6, 6.07) is 8.91. The highest BCUT2D eigenvalue weighted by Gasteiger charge is 2.24. The average molecular weight is 241 g/mol. The van der Waals surface area contributed by atoms with Crippen molar-refractivity contribution in [3.63, 3.8) is 0 Å². The van der Waals surface area contributed by atoms with E-state index in [4.69, 9.17) is 21.1 Å². The van der Waals surface area contributed by atoms with Gasteiger partial charge in [0.2, 0.25) is 0 Å². The molecule has 1 aromatic carbocycles. The molecule has 1 aliphatic heterocycles. The standard InChI is InChI=1S/C12H13ClO3/c13-10-6-11(15-7-10)8-16-12(14)9-4-2-1-3-5-9/h1-5,10-11H,6-8H2/t10-,11?/m0/s1. The molecule has 1 saturated heterocycles. The van der Waals surface area contributed by atoms with Gasteiger partial charge in [-0.2, -0.15) is 0 Å². The number of alkyl halides is 1. The molecule has 16 heavy (non-hydrogen) atoms. The van der Waals surface area contributed by atoms with Crippen LogP contribution in [-0.4, -0.2) is 30.7 Å². The minimum Gasteiger partial charge on any atom is -0.459 e. The van der Waals surface area contributed by atoms with E-state index in [0.29, 0.717) is 12.2 Å². The van der Waals surface area contributed by atoms with Crippen LogP contribution in [0.1, 0.15) is 16.8 Å². The van der Waals surface area contributed by atoms with Crippen LogP contribution in [0, 0.1) is 0 Å². The molecule has 1 fully saturated rings. The van der Waals surface area contributed by atoms with Gasteiger partial charge in [0.1, 0.15) is 6.61 Å². The van der Waals surface area contributed by atoms with E-state index < -0.39 is 0 Å². The highest BCUT2D eigenvalue weighted by Crippen LogP contribution is 2.18. The van der Waals surface area contributed by atoms with E-state index >= 15 is 0 Å². The van der Waals surface area contributed by atoms with Crippen molar-refractivity contribution in [3.8, 4) is 0 Å². The number of hydrogen-bond donors (Lipinski definition) is 0. The summed E-state index contributed by atoms with van der Waals surface area (Å²) in [5.74, 6) is -0.317. The highest BCUT2D eigenvalue weighted by atomic mass is 35.5. The van der Waals surface area contributed by atoms with Gasteiger partial charge in [-0.3, -0.25) is 0 Å². The molecule has 0 spiro atoms. The van der Waals surface area contributed by atoms with Crippen molar-refractivity contribution in [1.82, 2.24) is 0 Å². The van der Waals surface area contributed by atoms with Crippen molar-refractivity contribution in [1.29, 1.82) is 0 Å². The molecule has 0 bridgehead atoms. The van der Waals surface area contributed by atoms with Crippen LogP contribution >= 0.6 is 11.6 Å². The van der Waals surface area contributed by atoms with E-state index in [9.17, 15) is 4.79 Å². The monoisotopic (exact) mass is 240 g/mol. The number of esters is 1. The van der Waals surface area contributed by atoms with E-state index in [2.05, 4.69) is 0 Å². The molecule has 0 radical (unpaired) electrons. The quantitative estimate of drug-likeness (QED) is 0.601. The molecule has 4 heteroatoms. The molecular weight excluding hydrogens is 228 g/mol. The Labute approximate surface area is 99.3 Å². The zero-order valence-electron chi connectivity index (χ0n) is 8.77. The van der Waals surface area contributed by atoms with Crippen LogP contribution in [0.3, 0.4) is 0 Å². The van der Waals surface area contributed by atoms with E-state index in [1.54, 1.807) is 24.3 Å². The number of rotatable bonds is 3. The molecule has 2 rings (SSSR count). The van der Waals surface area contributed by atoms with Gasteiger partial charge in [0.05, 0.1) is 23.7 Å². The van der Waals surface area contributed by atoms with Gasteiger partial charge < -0.3 is 9.47 Å². The molecular formula is C12H13ClO3. The van der Waals surface area contributed by atoms with Gasteiger partial charge in [0.15, 0.2) is 0 Å². The van der Waals surface area contributed by atoms with Crippen molar-refractivity contribution >= 4 is 17.6 Å². The van der Waals surface area contributed by atoms with Gasteiger partial charge in [-0.15, -0.1) is 11.6 Å². The molecule has 86 valence electrons. The normalized spacial score (nSPS) is 24.3. The van der Waals surface area contributed by atoms with Crippen LogP contribution in [0.2, 0.25) is 0 Å². The Kier molecular flexibility index (Phi) is 3.80. The summed E-state index contributed by atoms with van der Waals surface area (Å²) in [5.41, 5.74) is 0.558. The first kappa shape index (κ1) is 11.4. The number of hydrogen-bond acceptors (Lipinski definition) is 3. The fourth-order valence-corrected chi connectivity index (χ4v) is 1.88. The van der Waals surface area contributed by atoms with Gasteiger partial charge in [-0.05, 0) is 18.6 Å². The van der Waals surface area contributed by atoms with E-state index in [1.807, 2.05) is 6.07 Å². The second-order valence-electron chi connectivity index (χ2n) is 3.75. The Morgan fingerprint density at radius 1 is 1.44 bits per heavy atom. The summed E-state index contributed by atoms with van der Waals surface area (Å²) >= 11 is 5.87. The first-order valence-corrected chi connectivity index (χ1v) is 5.67. The zero-order chi connectivity index (χ0) is 11.4. The largest absolute Gasteiger partial charge is 0.459 e. The SMILES string of the molecule is O=C(OCC1C[C@H](Cl)CO1)c1ccccc1.